The zero-order valence-electron chi connectivity index (χ0n) is 14.9. The number of carbonyl (C=O) groups is 2. The highest BCUT2D eigenvalue weighted by Crippen LogP contribution is 2.34. The first-order valence-corrected chi connectivity index (χ1v) is 8.27. The van der Waals surface area contributed by atoms with E-state index >= 15 is 0 Å². The molecule has 0 unspecified atom stereocenters. The maximum atomic E-state index is 12.5. The van der Waals surface area contributed by atoms with Crippen molar-refractivity contribution in [1.82, 2.24) is 4.98 Å². The molecule has 2 heterocycles. The van der Waals surface area contributed by atoms with Gasteiger partial charge in [-0.3, -0.25) is 4.79 Å². The number of pyridine rings is 1. The fraction of sp³-hybridized carbons (Fsp3) is 0.222. The van der Waals surface area contributed by atoms with Crippen LogP contribution in [0.15, 0.2) is 27.4 Å². The van der Waals surface area contributed by atoms with E-state index in [-0.39, 0.29) is 16.8 Å². The van der Waals surface area contributed by atoms with Crippen LogP contribution in [0, 0.1) is 0 Å². The number of carboxylic acid groups (broad SMARTS) is 2. The van der Waals surface area contributed by atoms with Gasteiger partial charge in [-0.25, -0.2) is 14.6 Å². The molecule has 0 atom stereocenters. The van der Waals surface area contributed by atoms with Crippen molar-refractivity contribution >= 4 is 39.9 Å². The van der Waals surface area contributed by atoms with Gasteiger partial charge >= 0.3 is 12.3 Å². The van der Waals surface area contributed by atoms with Crippen LogP contribution in [0.5, 0.6) is 11.8 Å². The zero-order valence-corrected chi connectivity index (χ0v) is 14.9. The van der Waals surface area contributed by atoms with E-state index in [9.17, 15) is 14.4 Å². The lowest BCUT2D eigenvalue weighted by molar-refractivity contribution is 0.133. The highest BCUT2D eigenvalue weighted by atomic mass is 16.7. The van der Waals surface area contributed by atoms with Crippen LogP contribution in [-0.2, 0) is 6.42 Å². The van der Waals surface area contributed by atoms with Crippen molar-refractivity contribution in [3.8, 4) is 11.8 Å². The van der Waals surface area contributed by atoms with Crippen LogP contribution in [0.1, 0.15) is 18.9 Å². The second-order valence-electron chi connectivity index (χ2n) is 5.80. The molecule has 0 aliphatic rings. The summed E-state index contributed by atoms with van der Waals surface area (Å²) < 4.78 is 14.7. The molecule has 0 saturated carbocycles. The molecule has 1 aromatic carbocycles. The van der Waals surface area contributed by atoms with Gasteiger partial charge in [-0.2, -0.15) is 0 Å². The molecular weight excluding hydrogens is 372 g/mol. The van der Waals surface area contributed by atoms with Crippen LogP contribution in [0.25, 0.3) is 21.9 Å². The second-order valence-corrected chi connectivity index (χ2v) is 5.80. The van der Waals surface area contributed by atoms with Crippen molar-refractivity contribution < 1.29 is 33.7 Å². The van der Waals surface area contributed by atoms with Crippen LogP contribution in [0.3, 0.4) is 0 Å². The Labute approximate surface area is 157 Å². The number of fused-ring (bicyclic) bond motifs is 2. The summed E-state index contributed by atoms with van der Waals surface area (Å²) in [5, 5.41) is 21.4. The first-order chi connectivity index (χ1) is 13.3. The highest BCUT2D eigenvalue weighted by molar-refractivity contribution is 6.03. The Morgan fingerprint density at radius 3 is 2.46 bits per heavy atom. The topological polar surface area (TPSA) is 148 Å². The Morgan fingerprint density at radius 2 is 1.86 bits per heavy atom. The van der Waals surface area contributed by atoms with Gasteiger partial charge in [0.2, 0.25) is 5.88 Å². The first-order valence-electron chi connectivity index (χ1n) is 8.27. The summed E-state index contributed by atoms with van der Waals surface area (Å²) in [7, 11) is 1.63. The van der Waals surface area contributed by atoms with Gasteiger partial charge in [-0.1, -0.05) is 13.3 Å². The molecule has 3 rings (SSSR count). The van der Waals surface area contributed by atoms with E-state index in [1.165, 1.54) is 6.07 Å². The average molecular weight is 388 g/mol. The van der Waals surface area contributed by atoms with Gasteiger partial charge in [0.1, 0.15) is 5.58 Å². The number of aromatic nitrogens is 1. The average Bonchev–Trinajstić information content (AvgIpc) is 2.61. The fourth-order valence-corrected chi connectivity index (χ4v) is 2.97. The minimum absolute atomic E-state index is 0.125. The largest absolute Gasteiger partial charge is 0.513 e. The number of nitrogens with one attached hydrogen (secondary N) is 1. The van der Waals surface area contributed by atoms with Gasteiger partial charge in [-0.05, 0) is 12.5 Å². The van der Waals surface area contributed by atoms with Crippen LogP contribution in [0.4, 0.5) is 15.3 Å². The summed E-state index contributed by atoms with van der Waals surface area (Å²) in [6.07, 6.45) is -2.05. The first kappa shape index (κ1) is 19.0. The molecule has 0 aliphatic heterocycles. The van der Waals surface area contributed by atoms with Crippen molar-refractivity contribution in [3.63, 3.8) is 0 Å². The lowest BCUT2D eigenvalue weighted by atomic mass is 10.0. The van der Waals surface area contributed by atoms with Crippen LogP contribution >= 0.6 is 0 Å². The second kappa shape index (κ2) is 7.43. The third kappa shape index (κ3) is 3.52. The molecule has 2 aromatic heterocycles. The maximum absolute atomic E-state index is 12.5. The number of benzene rings is 1. The minimum Gasteiger partial charge on any atom is -0.449 e. The Hall–Kier alpha value is -3.82. The predicted octanol–water partition coefficient (Wildman–Crippen LogP) is 3.45. The van der Waals surface area contributed by atoms with Gasteiger partial charge in [0.25, 0.3) is 5.95 Å². The number of aryl methyl sites for hydroxylation is 1. The lowest BCUT2D eigenvalue weighted by Gasteiger charge is -2.13. The zero-order chi connectivity index (χ0) is 20.4. The van der Waals surface area contributed by atoms with Crippen LogP contribution in [-0.4, -0.2) is 34.6 Å². The Morgan fingerprint density at radius 1 is 1.14 bits per heavy atom. The summed E-state index contributed by atoms with van der Waals surface area (Å²) >= 11 is 0. The molecule has 3 aromatic rings. The Balaban J connectivity index is 2.42. The number of rotatable bonds is 5. The predicted molar refractivity (Wildman–Crippen MR) is 98.6 cm³/mol. The van der Waals surface area contributed by atoms with Crippen molar-refractivity contribution in [2.45, 2.75) is 19.8 Å². The van der Waals surface area contributed by atoms with E-state index in [0.29, 0.717) is 35.0 Å². The molecule has 10 nitrogen and oxygen atoms in total. The van der Waals surface area contributed by atoms with Gasteiger partial charge < -0.3 is 29.4 Å². The van der Waals surface area contributed by atoms with Crippen LogP contribution in [0.2, 0.25) is 0 Å². The van der Waals surface area contributed by atoms with Crippen molar-refractivity contribution in [2.24, 2.45) is 0 Å². The normalized spacial score (nSPS) is 10.8. The summed E-state index contributed by atoms with van der Waals surface area (Å²) in [5.74, 6) is -0.616. The number of anilines is 1. The fourth-order valence-electron chi connectivity index (χ4n) is 2.97. The molecule has 0 saturated heterocycles. The molecule has 0 fully saturated rings. The van der Waals surface area contributed by atoms with Crippen molar-refractivity contribution in [2.75, 3.05) is 12.4 Å². The third-order valence-corrected chi connectivity index (χ3v) is 3.99. The van der Waals surface area contributed by atoms with Crippen LogP contribution < -0.4 is 20.2 Å². The number of hydrogen-bond acceptors (Lipinski definition) is 8. The van der Waals surface area contributed by atoms with Gasteiger partial charge in [0, 0.05) is 29.8 Å². The summed E-state index contributed by atoms with van der Waals surface area (Å²) in [5.41, 5.74) is 1.03. The number of nitrogens with zero attached hydrogens (tertiary/aromatic N) is 1. The summed E-state index contributed by atoms with van der Waals surface area (Å²) in [6.45, 7) is 1.90. The van der Waals surface area contributed by atoms with Crippen molar-refractivity contribution in [3.05, 3.63) is 34.0 Å². The lowest BCUT2D eigenvalue weighted by Crippen LogP contribution is -2.09. The maximum Gasteiger partial charge on any atom is 0.513 e. The van der Waals surface area contributed by atoms with E-state index in [0.717, 1.165) is 6.07 Å². The summed E-state index contributed by atoms with van der Waals surface area (Å²) in [4.78, 5) is 38.5. The van der Waals surface area contributed by atoms with E-state index in [4.69, 9.17) is 14.6 Å². The molecule has 3 N–H and O–H groups in total. The molecule has 0 aliphatic carbocycles. The van der Waals surface area contributed by atoms with E-state index in [1.54, 1.807) is 13.1 Å². The number of hydrogen-bond donors (Lipinski definition) is 3. The number of ether oxygens (including phenoxy) is 2. The van der Waals surface area contributed by atoms with Gasteiger partial charge in [0.05, 0.1) is 17.0 Å². The summed E-state index contributed by atoms with van der Waals surface area (Å²) in [6, 6.07) is 3.90. The van der Waals surface area contributed by atoms with Crippen molar-refractivity contribution in [1.29, 1.82) is 0 Å². The molecule has 28 heavy (non-hydrogen) atoms. The van der Waals surface area contributed by atoms with E-state index in [2.05, 4.69) is 19.8 Å². The third-order valence-electron chi connectivity index (χ3n) is 3.99. The smallest absolute Gasteiger partial charge is 0.449 e. The quantitative estimate of drug-likeness (QED) is 0.438. The molecular formula is C18H16N2O8. The molecule has 0 bridgehead atoms. The molecule has 0 radical (unpaired) electrons. The molecule has 146 valence electrons. The molecule has 0 amide bonds. The Kier molecular flexibility index (Phi) is 5.03. The van der Waals surface area contributed by atoms with Gasteiger partial charge in [-0.15, -0.1) is 0 Å². The molecule has 0 spiro atoms. The molecule has 10 heteroatoms. The Bertz CT molecular complexity index is 1150. The van der Waals surface area contributed by atoms with E-state index < -0.39 is 23.7 Å². The minimum atomic E-state index is -1.62. The standard InChI is InChI=1S/C18H16N2O8/c1-3-4-8-15-9(11(19-2)6-13(20-15)26-17(22)23)5-10-12(21)7-14(27-16(8)10)28-18(24)25/h5-7H,3-4H2,1-2H3,(H,19,20)(H,22,23)(H,24,25). The highest BCUT2D eigenvalue weighted by Gasteiger charge is 2.19. The SMILES string of the molecule is CCCc1c2nc(OC(=O)O)cc(NC)c2cc2c(=O)cc(OC(=O)O)oc12. The van der Waals surface area contributed by atoms with Gasteiger partial charge in [0.15, 0.2) is 5.43 Å². The van der Waals surface area contributed by atoms with E-state index in [1.807, 2.05) is 6.92 Å². The monoisotopic (exact) mass is 388 g/mol.